The number of nitro benzene ring substituents is 1. The number of amides is 2. The second-order valence-corrected chi connectivity index (χ2v) is 7.29. The van der Waals surface area contributed by atoms with Gasteiger partial charge in [-0.25, -0.2) is 4.90 Å². The summed E-state index contributed by atoms with van der Waals surface area (Å²) < 4.78 is 5.45. The normalized spacial score (nSPS) is 13.5. The van der Waals surface area contributed by atoms with Crippen LogP contribution in [-0.2, 0) is 9.59 Å². The van der Waals surface area contributed by atoms with E-state index in [9.17, 15) is 19.7 Å². The molecule has 0 N–H and O–H groups in total. The number of nitro groups is 1. The van der Waals surface area contributed by atoms with Gasteiger partial charge in [0.25, 0.3) is 17.5 Å². The fourth-order valence-electron chi connectivity index (χ4n) is 3.71. The molecule has 0 saturated carbocycles. The summed E-state index contributed by atoms with van der Waals surface area (Å²) in [6.07, 6.45) is 0. The predicted molar refractivity (Wildman–Crippen MR) is 125 cm³/mol. The highest BCUT2D eigenvalue weighted by Gasteiger charge is 2.42. The second-order valence-electron chi connectivity index (χ2n) is 7.29. The van der Waals surface area contributed by atoms with Gasteiger partial charge in [0.2, 0.25) is 0 Å². The number of rotatable bonds is 7. The third kappa shape index (κ3) is 4.06. The molecule has 3 aromatic rings. The van der Waals surface area contributed by atoms with Gasteiger partial charge in [0, 0.05) is 24.9 Å². The lowest BCUT2D eigenvalue weighted by Crippen LogP contribution is -2.34. The van der Waals surface area contributed by atoms with E-state index in [4.69, 9.17) is 4.74 Å². The zero-order valence-corrected chi connectivity index (χ0v) is 18.1. The van der Waals surface area contributed by atoms with Crippen LogP contribution in [0.3, 0.4) is 0 Å². The van der Waals surface area contributed by atoms with Gasteiger partial charge in [-0.1, -0.05) is 18.2 Å². The van der Waals surface area contributed by atoms with Crippen molar-refractivity contribution in [2.75, 3.05) is 23.5 Å². The largest absolute Gasteiger partial charge is 0.494 e. The average molecular weight is 443 g/mol. The summed E-state index contributed by atoms with van der Waals surface area (Å²) in [5.41, 5.74) is 1.82. The number of imide groups is 1. The van der Waals surface area contributed by atoms with E-state index < -0.39 is 16.7 Å². The van der Waals surface area contributed by atoms with Crippen molar-refractivity contribution in [3.8, 4) is 5.75 Å². The summed E-state index contributed by atoms with van der Waals surface area (Å²) in [4.78, 5) is 40.4. The van der Waals surface area contributed by atoms with Crippen molar-refractivity contribution in [3.05, 3.63) is 100 Å². The van der Waals surface area contributed by atoms with Crippen molar-refractivity contribution in [1.82, 2.24) is 0 Å². The summed E-state index contributed by atoms with van der Waals surface area (Å²) in [6.45, 7) is 2.37. The summed E-state index contributed by atoms with van der Waals surface area (Å²) in [5.74, 6) is -0.356. The number of carbonyl (C=O) groups excluding carboxylic acids is 2. The standard InChI is InChI=1S/C25H21N3O5/c1-3-33-21-15-13-19(14-16-21)27-24(29)22(17-9-11-20(12-10-17)28(31)32)23(25(27)30)26(2)18-7-5-4-6-8-18/h4-16H,3H2,1-2H3. The minimum absolute atomic E-state index is 0.0996. The van der Waals surface area contributed by atoms with Crippen LogP contribution in [0, 0.1) is 10.1 Å². The molecule has 0 unspecified atom stereocenters. The number of hydrogen-bond donors (Lipinski definition) is 0. The van der Waals surface area contributed by atoms with Crippen molar-refractivity contribution in [1.29, 1.82) is 0 Å². The maximum atomic E-state index is 13.6. The number of ether oxygens (including phenoxy) is 1. The van der Waals surface area contributed by atoms with E-state index in [-0.39, 0.29) is 17.0 Å². The van der Waals surface area contributed by atoms with Crippen molar-refractivity contribution in [3.63, 3.8) is 0 Å². The molecule has 33 heavy (non-hydrogen) atoms. The van der Waals surface area contributed by atoms with E-state index in [1.54, 1.807) is 36.2 Å². The van der Waals surface area contributed by atoms with E-state index >= 15 is 0 Å². The molecule has 4 rings (SSSR count). The molecule has 1 aliphatic heterocycles. The lowest BCUT2D eigenvalue weighted by atomic mass is 10.0. The first-order valence-electron chi connectivity index (χ1n) is 10.3. The first-order chi connectivity index (χ1) is 15.9. The second kappa shape index (κ2) is 8.96. The highest BCUT2D eigenvalue weighted by Crippen LogP contribution is 2.37. The summed E-state index contributed by atoms with van der Waals surface area (Å²) in [6, 6.07) is 21.5. The topological polar surface area (TPSA) is 93.0 Å². The Kier molecular flexibility index (Phi) is 5.91. The van der Waals surface area contributed by atoms with Crippen LogP contribution in [0.4, 0.5) is 17.1 Å². The Bertz CT molecular complexity index is 1240. The quantitative estimate of drug-likeness (QED) is 0.305. The summed E-state index contributed by atoms with van der Waals surface area (Å²) >= 11 is 0. The zero-order valence-electron chi connectivity index (χ0n) is 18.1. The van der Waals surface area contributed by atoms with Gasteiger partial charge < -0.3 is 9.64 Å². The van der Waals surface area contributed by atoms with E-state index in [0.717, 1.165) is 10.6 Å². The third-order valence-corrected chi connectivity index (χ3v) is 5.31. The number of likely N-dealkylation sites (N-methyl/N-ethyl adjacent to an activating group) is 1. The molecule has 0 atom stereocenters. The summed E-state index contributed by atoms with van der Waals surface area (Å²) in [7, 11) is 1.71. The molecule has 8 nitrogen and oxygen atoms in total. The number of anilines is 2. The van der Waals surface area contributed by atoms with Crippen LogP contribution in [-0.4, -0.2) is 30.4 Å². The molecule has 3 aromatic carbocycles. The molecule has 0 aromatic heterocycles. The van der Waals surface area contributed by atoms with Crippen LogP contribution in [0.2, 0.25) is 0 Å². The molecule has 1 heterocycles. The number of nitrogens with zero attached hydrogens (tertiary/aromatic N) is 3. The molecule has 166 valence electrons. The maximum Gasteiger partial charge on any atom is 0.282 e. The van der Waals surface area contributed by atoms with E-state index in [2.05, 4.69) is 0 Å². The highest BCUT2D eigenvalue weighted by molar-refractivity contribution is 6.46. The summed E-state index contributed by atoms with van der Waals surface area (Å²) in [5, 5.41) is 11.1. The number of hydrogen-bond acceptors (Lipinski definition) is 6. The fourth-order valence-corrected chi connectivity index (χ4v) is 3.71. The minimum Gasteiger partial charge on any atom is -0.494 e. The Hall–Kier alpha value is -4.46. The number of non-ortho nitro benzene ring substituents is 1. The van der Waals surface area contributed by atoms with Crippen LogP contribution in [0.5, 0.6) is 5.75 Å². The van der Waals surface area contributed by atoms with Crippen molar-refractivity contribution >= 4 is 34.4 Å². The Labute approximate surface area is 190 Å². The molecule has 8 heteroatoms. The van der Waals surface area contributed by atoms with Gasteiger partial charge in [-0.05, 0) is 61.0 Å². The molecule has 0 fully saturated rings. The van der Waals surface area contributed by atoms with Crippen LogP contribution in [0.1, 0.15) is 12.5 Å². The Morgan fingerprint density at radius 2 is 1.55 bits per heavy atom. The number of carbonyl (C=O) groups is 2. The first-order valence-corrected chi connectivity index (χ1v) is 10.3. The molecule has 0 radical (unpaired) electrons. The van der Waals surface area contributed by atoms with Crippen molar-refractivity contribution in [2.24, 2.45) is 0 Å². The first kappa shape index (κ1) is 21.8. The van der Waals surface area contributed by atoms with E-state index in [1.807, 2.05) is 37.3 Å². The van der Waals surface area contributed by atoms with E-state index in [1.165, 1.54) is 24.3 Å². The maximum absolute atomic E-state index is 13.6. The molecule has 0 spiro atoms. The lowest BCUT2D eigenvalue weighted by molar-refractivity contribution is -0.384. The van der Waals surface area contributed by atoms with Gasteiger partial charge in [0.1, 0.15) is 11.4 Å². The average Bonchev–Trinajstić information content (AvgIpc) is 3.10. The third-order valence-electron chi connectivity index (χ3n) is 5.31. The number of benzene rings is 3. The van der Waals surface area contributed by atoms with Crippen LogP contribution in [0.15, 0.2) is 84.6 Å². The Morgan fingerprint density at radius 3 is 2.12 bits per heavy atom. The predicted octanol–water partition coefficient (Wildman–Crippen LogP) is 4.41. The van der Waals surface area contributed by atoms with Crippen molar-refractivity contribution in [2.45, 2.75) is 6.92 Å². The molecular weight excluding hydrogens is 422 g/mol. The van der Waals surface area contributed by atoms with Crippen LogP contribution >= 0.6 is 0 Å². The van der Waals surface area contributed by atoms with Gasteiger partial charge in [0.15, 0.2) is 0 Å². The Balaban J connectivity index is 1.81. The highest BCUT2D eigenvalue weighted by atomic mass is 16.6. The van der Waals surface area contributed by atoms with E-state index in [0.29, 0.717) is 23.6 Å². The van der Waals surface area contributed by atoms with Crippen LogP contribution < -0.4 is 14.5 Å². The molecule has 0 bridgehead atoms. The minimum atomic E-state index is -0.511. The molecule has 2 amide bonds. The molecule has 0 aliphatic carbocycles. The SMILES string of the molecule is CCOc1ccc(N2C(=O)C(c3ccc([N+](=O)[O-])cc3)=C(N(C)c3ccccc3)C2=O)cc1. The van der Waals surface area contributed by atoms with Gasteiger partial charge in [0.05, 0.1) is 22.8 Å². The molecular formula is C25H21N3O5. The molecule has 0 saturated heterocycles. The van der Waals surface area contributed by atoms with Gasteiger partial charge in [-0.2, -0.15) is 0 Å². The van der Waals surface area contributed by atoms with Crippen molar-refractivity contribution < 1.29 is 19.2 Å². The fraction of sp³-hybridized carbons (Fsp3) is 0.120. The lowest BCUT2D eigenvalue weighted by Gasteiger charge is -2.21. The van der Waals surface area contributed by atoms with Gasteiger partial charge in [-0.3, -0.25) is 19.7 Å². The Morgan fingerprint density at radius 1 is 0.909 bits per heavy atom. The molecule has 1 aliphatic rings. The monoisotopic (exact) mass is 443 g/mol. The van der Waals surface area contributed by atoms with Gasteiger partial charge in [-0.15, -0.1) is 0 Å². The van der Waals surface area contributed by atoms with Gasteiger partial charge >= 0.3 is 0 Å². The number of para-hydroxylation sites is 1. The van der Waals surface area contributed by atoms with Crippen LogP contribution in [0.25, 0.3) is 5.57 Å². The zero-order chi connectivity index (χ0) is 23.5. The smallest absolute Gasteiger partial charge is 0.282 e.